The average Bonchev–Trinajstić information content (AvgIpc) is 2.76. The Morgan fingerprint density at radius 3 is 1.87 bits per heavy atom. The molecule has 2 N–H and O–H groups in total. The molecule has 178 valence electrons. The first-order valence-corrected chi connectivity index (χ1v) is 12.9. The summed E-state index contributed by atoms with van der Waals surface area (Å²) in [7, 11) is 0. The number of unbranched alkanes of at least 4 members (excludes halogenated alkanes) is 15. The van der Waals surface area contributed by atoms with Crippen molar-refractivity contribution in [3.05, 3.63) is 0 Å². The van der Waals surface area contributed by atoms with Crippen molar-refractivity contribution in [2.75, 3.05) is 19.8 Å². The zero-order valence-corrected chi connectivity index (χ0v) is 19.7. The summed E-state index contributed by atoms with van der Waals surface area (Å²) in [5.74, 6) is 0. The van der Waals surface area contributed by atoms with E-state index in [-0.39, 0.29) is 24.9 Å². The lowest BCUT2D eigenvalue weighted by atomic mass is 10.0. The van der Waals surface area contributed by atoms with Crippen LogP contribution in [0.15, 0.2) is 0 Å². The molecule has 0 aromatic carbocycles. The van der Waals surface area contributed by atoms with Crippen LogP contribution in [0.2, 0.25) is 0 Å². The number of nitrogens with one attached hydrogen (secondary N) is 1. The molecular weight excluding hydrogens is 378 g/mol. The van der Waals surface area contributed by atoms with Crippen LogP contribution in [0.25, 0.3) is 0 Å². The van der Waals surface area contributed by atoms with Gasteiger partial charge >= 0.3 is 6.09 Å². The Balaban J connectivity index is 1.78. The van der Waals surface area contributed by atoms with E-state index < -0.39 is 0 Å². The molecule has 0 bridgehead atoms. The molecule has 0 saturated carbocycles. The lowest BCUT2D eigenvalue weighted by Gasteiger charge is -2.29. The minimum atomic E-state index is -0.384. The normalized spacial score (nSPS) is 19.0. The second-order valence-electron chi connectivity index (χ2n) is 8.91. The topological polar surface area (TPSA) is 67.8 Å². The molecule has 30 heavy (non-hydrogen) atoms. The maximum Gasteiger partial charge on any atom is 0.407 e. The number of hydrogen-bond donors (Lipinski definition) is 2. The Kier molecular flexibility index (Phi) is 18.3. The summed E-state index contributed by atoms with van der Waals surface area (Å²) >= 11 is 0. The third-order valence-corrected chi connectivity index (χ3v) is 6.12. The van der Waals surface area contributed by atoms with Crippen molar-refractivity contribution in [1.82, 2.24) is 5.32 Å². The number of alkyl carbamates (subject to hydrolysis) is 1. The maximum atomic E-state index is 11.9. The fourth-order valence-corrected chi connectivity index (χ4v) is 4.16. The van der Waals surface area contributed by atoms with Crippen LogP contribution in [0, 0.1) is 0 Å². The van der Waals surface area contributed by atoms with Gasteiger partial charge in [0.15, 0.2) is 0 Å². The lowest BCUT2D eigenvalue weighted by Crippen LogP contribution is -2.42. The predicted octanol–water partition coefficient (Wildman–Crippen LogP) is 6.51. The first kappa shape index (κ1) is 27.2. The highest BCUT2D eigenvalue weighted by atomic mass is 16.6. The van der Waals surface area contributed by atoms with E-state index in [1.807, 2.05) is 0 Å². The second kappa shape index (κ2) is 20.1. The number of rotatable bonds is 19. The molecule has 5 nitrogen and oxygen atoms in total. The Hall–Kier alpha value is -0.810. The Morgan fingerprint density at radius 1 is 0.867 bits per heavy atom. The largest absolute Gasteiger partial charge is 0.443 e. The first-order chi connectivity index (χ1) is 14.8. The lowest BCUT2D eigenvalue weighted by molar-refractivity contribution is -0.0973. The Bertz CT molecular complexity index is 391. The van der Waals surface area contributed by atoms with Crippen LogP contribution in [-0.4, -0.2) is 43.2 Å². The van der Waals surface area contributed by atoms with Gasteiger partial charge in [0, 0.05) is 13.2 Å². The van der Waals surface area contributed by atoms with Crippen molar-refractivity contribution in [2.45, 2.75) is 135 Å². The summed E-state index contributed by atoms with van der Waals surface area (Å²) in [4.78, 5) is 11.9. The van der Waals surface area contributed by atoms with Crippen molar-refractivity contribution < 1.29 is 19.4 Å². The van der Waals surface area contributed by atoms with E-state index in [2.05, 4.69) is 12.2 Å². The van der Waals surface area contributed by atoms with Crippen LogP contribution in [0.1, 0.15) is 122 Å². The van der Waals surface area contributed by atoms with Gasteiger partial charge in [0.1, 0.15) is 12.2 Å². The third kappa shape index (κ3) is 15.1. The van der Waals surface area contributed by atoms with E-state index in [1.165, 1.54) is 89.9 Å². The van der Waals surface area contributed by atoms with Crippen molar-refractivity contribution in [3.8, 4) is 0 Å². The Morgan fingerprint density at radius 2 is 1.37 bits per heavy atom. The Labute approximate surface area is 185 Å². The summed E-state index contributed by atoms with van der Waals surface area (Å²) in [6, 6.07) is 0. The van der Waals surface area contributed by atoms with E-state index >= 15 is 0 Å². The van der Waals surface area contributed by atoms with Gasteiger partial charge in [-0.05, 0) is 19.3 Å². The highest BCUT2D eigenvalue weighted by molar-refractivity contribution is 5.67. The molecule has 1 aliphatic rings. The summed E-state index contributed by atoms with van der Waals surface area (Å²) in [6.45, 7) is 3.47. The van der Waals surface area contributed by atoms with E-state index in [1.54, 1.807) is 0 Å². The highest BCUT2D eigenvalue weighted by Gasteiger charge is 2.28. The van der Waals surface area contributed by atoms with E-state index in [0.29, 0.717) is 13.2 Å². The molecule has 0 aromatic heterocycles. The highest BCUT2D eigenvalue weighted by Crippen LogP contribution is 2.17. The summed E-state index contributed by atoms with van der Waals surface area (Å²) < 4.78 is 10.8. The van der Waals surface area contributed by atoms with E-state index in [0.717, 1.165) is 25.7 Å². The number of aliphatic hydroxyl groups is 1. The first-order valence-electron chi connectivity index (χ1n) is 12.9. The molecule has 0 radical (unpaired) electrons. The van der Waals surface area contributed by atoms with Crippen molar-refractivity contribution in [1.29, 1.82) is 0 Å². The molecule has 0 aliphatic carbocycles. The maximum absolute atomic E-state index is 11.9. The number of carbonyl (C=O) groups is 1. The van der Waals surface area contributed by atoms with Crippen LogP contribution >= 0.6 is 0 Å². The minimum Gasteiger partial charge on any atom is -0.443 e. The zero-order chi connectivity index (χ0) is 21.7. The molecule has 0 aromatic rings. The number of amides is 1. The average molecular weight is 428 g/mol. The number of ether oxygens (including phenoxy) is 2. The summed E-state index contributed by atoms with van der Waals surface area (Å²) in [6.07, 6.45) is 22.1. The van der Waals surface area contributed by atoms with Gasteiger partial charge in [0.2, 0.25) is 0 Å². The molecule has 5 heteroatoms. The summed E-state index contributed by atoms with van der Waals surface area (Å²) in [5, 5.41) is 12.1. The molecule has 1 saturated heterocycles. The molecule has 2 atom stereocenters. The fourth-order valence-electron chi connectivity index (χ4n) is 4.16. The van der Waals surface area contributed by atoms with Crippen LogP contribution in [0.4, 0.5) is 4.79 Å². The molecule has 0 unspecified atom stereocenters. The smallest absolute Gasteiger partial charge is 0.407 e. The molecule has 1 amide bonds. The quantitative estimate of drug-likeness (QED) is 0.230. The molecule has 1 fully saturated rings. The van der Waals surface area contributed by atoms with E-state index in [4.69, 9.17) is 9.47 Å². The zero-order valence-electron chi connectivity index (χ0n) is 19.7. The van der Waals surface area contributed by atoms with Crippen LogP contribution in [-0.2, 0) is 9.47 Å². The van der Waals surface area contributed by atoms with Gasteiger partial charge in [0.25, 0.3) is 0 Å². The fraction of sp³-hybridized carbons (Fsp3) is 0.960. The van der Waals surface area contributed by atoms with Gasteiger partial charge in [-0.25, -0.2) is 4.79 Å². The van der Waals surface area contributed by atoms with Crippen LogP contribution in [0.3, 0.4) is 0 Å². The van der Waals surface area contributed by atoms with Gasteiger partial charge in [-0.3, -0.25) is 0 Å². The molecule has 1 heterocycles. The number of hydrogen-bond acceptors (Lipinski definition) is 4. The monoisotopic (exact) mass is 427 g/mol. The predicted molar refractivity (Wildman–Crippen MR) is 124 cm³/mol. The van der Waals surface area contributed by atoms with Crippen molar-refractivity contribution in [2.24, 2.45) is 0 Å². The van der Waals surface area contributed by atoms with Crippen molar-refractivity contribution in [3.63, 3.8) is 0 Å². The van der Waals surface area contributed by atoms with Gasteiger partial charge in [-0.2, -0.15) is 0 Å². The van der Waals surface area contributed by atoms with Gasteiger partial charge in [0.05, 0.1) is 6.61 Å². The number of aliphatic hydroxyl groups excluding tert-OH is 1. The van der Waals surface area contributed by atoms with Crippen LogP contribution < -0.4 is 5.32 Å². The number of carbonyl (C=O) groups excluding carboxylic acids is 1. The summed E-state index contributed by atoms with van der Waals surface area (Å²) in [5.41, 5.74) is 0. The molecule has 1 aliphatic heterocycles. The third-order valence-electron chi connectivity index (χ3n) is 6.12. The van der Waals surface area contributed by atoms with Gasteiger partial charge < -0.3 is 19.9 Å². The SMILES string of the molecule is CCCCCCCCCCCCCCCCCCNC(=O)O[C@@H]1CCCO[C@H]1CO. The minimum absolute atomic E-state index is 0.100. The second-order valence-corrected chi connectivity index (χ2v) is 8.91. The molecular formula is C25H49NO4. The molecule has 1 rings (SSSR count). The van der Waals surface area contributed by atoms with Gasteiger partial charge in [-0.15, -0.1) is 0 Å². The standard InChI is InChI=1S/C25H49NO4/c1-2-3-4-5-6-7-8-9-10-11-12-13-14-15-16-17-20-26-25(28)30-23-19-18-21-29-24(23)22-27/h23-24,27H,2-22H2,1H3,(H,26,28)/t23-,24+/m1/s1. The van der Waals surface area contributed by atoms with Crippen molar-refractivity contribution >= 4 is 6.09 Å². The van der Waals surface area contributed by atoms with Gasteiger partial charge in [-0.1, -0.05) is 103 Å². The van der Waals surface area contributed by atoms with E-state index in [9.17, 15) is 9.90 Å². The van der Waals surface area contributed by atoms with Crippen LogP contribution in [0.5, 0.6) is 0 Å². The molecule has 0 spiro atoms.